The normalized spacial score (nSPS) is 29.0. The van der Waals surface area contributed by atoms with E-state index >= 15 is 0 Å². The van der Waals surface area contributed by atoms with Crippen molar-refractivity contribution < 1.29 is 9.59 Å². The number of hydrogen-bond acceptors (Lipinski definition) is 7. The number of aromatic nitrogens is 2. The number of fused-ring (bicyclic) bond motifs is 1. The highest BCUT2D eigenvalue weighted by Gasteiger charge is 2.47. The minimum Gasteiger partial charge on any atom is -0.344 e. The van der Waals surface area contributed by atoms with Crippen LogP contribution in [0.4, 0.5) is 0 Å². The summed E-state index contributed by atoms with van der Waals surface area (Å²) in [4.78, 5) is 34.5. The van der Waals surface area contributed by atoms with Crippen LogP contribution in [0.1, 0.15) is 68.0 Å². The number of likely N-dealkylation sites (tertiary alicyclic amines) is 2. The topological polar surface area (TPSA) is 107 Å². The van der Waals surface area contributed by atoms with Crippen LogP contribution in [0.25, 0.3) is 0 Å². The molecule has 1 aromatic carbocycles. The zero-order valence-corrected chi connectivity index (χ0v) is 27.9. The maximum absolute atomic E-state index is 13.7. The van der Waals surface area contributed by atoms with Crippen molar-refractivity contribution in [2.24, 2.45) is 17.3 Å². The Bertz CT molecular complexity index is 1390. The zero-order valence-electron chi connectivity index (χ0n) is 26.4. The first-order chi connectivity index (χ1) is 21.5. The van der Waals surface area contributed by atoms with Crippen LogP contribution in [-0.2, 0) is 17.9 Å². The molecule has 0 bridgehead atoms. The van der Waals surface area contributed by atoms with E-state index in [1.54, 1.807) is 4.90 Å². The van der Waals surface area contributed by atoms with Gasteiger partial charge in [0.05, 0.1) is 18.8 Å². The largest absolute Gasteiger partial charge is 0.344 e. The molecule has 4 N–H and O–H groups in total. The number of rotatable bonds is 9. The number of amides is 2. The number of carbonyl (C=O) groups excluding carboxylic acids is 2. The molecule has 0 radical (unpaired) electrons. The lowest BCUT2D eigenvalue weighted by molar-refractivity contribution is -0.130. The molecule has 45 heavy (non-hydrogen) atoms. The van der Waals surface area contributed by atoms with Gasteiger partial charge >= 0.3 is 0 Å². The zero-order chi connectivity index (χ0) is 31.9. The number of nitrogens with zero attached hydrogens (tertiary/aromatic N) is 4. The molecule has 4 heterocycles. The van der Waals surface area contributed by atoms with E-state index in [2.05, 4.69) is 82.6 Å². The summed E-state index contributed by atoms with van der Waals surface area (Å²) in [5, 5.41) is 7.14. The summed E-state index contributed by atoms with van der Waals surface area (Å²) in [5.74, 6) is 1.14. The highest BCUT2D eigenvalue weighted by molar-refractivity contribution is 6.32. The maximum atomic E-state index is 13.7. The Labute approximate surface area is 276 Å². The first-order valence-electron chi connectivity index (χ1n) is 16.2. The lowest BCUT2D eigenvalue weighted by Crippen LogP contribution is -2.60. The van der Waals surface area contributed by atoms with E-state index in [0.717, 1.165) is 44.7 Å². The molecule has 4 aliphatic rings. The van der Waals surface area contributed by atoms with E-state index in [1.807, 2.05) is 6.07 Å². The van der Waals surface area contributed by atoms with Crippen LogP contribution in [-0.4, -0.2) is 81.0 Å². The molecule has 3 saturated heterocycles. The van der Waals surface area contributed by atoms with Crippen LogP contribution in [0.3, 0.4) is 0 Å². The molecular weight excluding hydrogens is 611 g/mol. The van der Waals surface area contributed by atoms with Crippen LogP contribution in [0.15, 0.2) is 43.0 Å². The summed E-state index contributed by atoms with van der Waals surface area (Å²) in [6.07, 6.45) is 4.15. The molecule has 1 aromatic heterocycles. The van der Waals surface area contributed by atoms with Crippen LogP contribution >= 0.6 is 23.2 Å². The first kappa shape index (κ1) is 32.5. The molecule has 2 amide bonds. The number of hydrogen-bond donors (Lipinski definition) is 4. The highest BCUT2D eigenvalue weighted by Crippen LogP contribution is 2.44. The molecule has 6 rings (SSSR count). The SMILES string of the molecule is C=CC(=O)N1CC(NC(=O)c2c(Cl)nc(CNC3NNC4CC(Cl)C(C(C)(C)C)CC43)n2[C@@H]2CCN(Cc3ccccc3)C2)C1. The van der Waals surface area contributed by atoms with Gasteiger partial charge in [0.25, 0.3) is 5.91 Å². The number of carbonyl (C=O) groups is 2. The second-order valence-corrected chi connectivity index (χ2v) is 15.1. The van der Waals surface area contributed by atoms with Gasteiger partial charge in [0.2, 0.25) is 5.91 Å². The van der Waals surface area contributed by atoms with Gasteiger partial charge in [-0.2, -0.15) is 0 Å². The number of halogens is 2. The van der Waals surface area contributed by atoms with E-state index in [1.165, 1.54) is 11.6 Å². The standard InChI is InChI=1S/C33H46Cl2N8O2/c1-5-28(44)42-17-21(18-42)37-32(45)29-30(35)38-27(43(29)22-11-12-41(19-22)16-20-9-7-6-8-10-20)15-36-31-23-13-24(33(2,3)4)25(34)14-26(23)39-40-31/h5-10,21-26,31,36,39-40H,1,11-19H2,2-4H3,(H,37,45)/t22-,23?,24?,25?,26?,31?/m1/s1. The van der Waals surface area contributed by atoms with E-state index < -0.39 is 0 Å². The summed E-state index contributed by atoms with van der Waals surface area (Å²) >= 11 is 13.6. The summed E-state index contributed by atoms with van der Waals surface area (Å²) in [7, 11) is 0. The Balaban J connectivity index is 1.19. The predicted molar refractivity (Wildman–Crippen MR) is 177 cm³/mol. The summed E-state index contributed by atoms with van der Waals surface area (Å²) < 4.78 is 2.06. The fourth-order valence-corrected chi connectivity index (χ4v) is 8.58. The number of nitrogens with one attached hydrogen (secondary N) is 4. The van der Waals surface area contributed by atoms with E-state index in [4.69, 9.17) is 28.2 Å². The lowest BCUT2D eigenvalue weighted by atomic mass is 9.67. The van der Waals surface area contributed by atoms with Crippen molar-refractivity contribution in [3.05, 3.63) is 65.2 Å². The maximum Gasteiger partial charge on any atom is 0.271 e. The second kappa shape index (κ2) is 13.3. The number of hydrazine groups is 1. The average Bonchev–Trinajstić information content (AvgIpc) is 3.69. The summed E-state index contributed by atoms with van der Waals surface area (Å²) in [6, 6.07) is 10.7. The van der Waals surface area contributed by atoms with Crippen molar-refractivity contribution in [3.8, 4) is 0 Å². The Hall–Kier alpha value is -2.47. The third kappa shape index (κ3) is 6.96. The van der Waals surface area contributed by atoms with Gasteiger partial charge in [-0.1, -0.05) is 69.3 Å². The van der Waals surface area contributed by atoms with Gasteiger partial charge in [0.1, 0.15) is 11.5 Å². The molecule has 12 heteroatoms. The number of alkyl halides is 1. The molecule has 1 aliphatic carbocycles. The molecule has 1 saturated carbocycles. The second-order valence-electron chi connectivity index (χ2n) is 14.2. The Morgan fingerprint density at radius 1 is 1.13 bits per heavy atom. The van der Waals surface area contributed by atoms with Gasteiger partial charge in [0, 0.05) is 56.1 Å². The molecule has 2 aromatic rings. The average molecular weight is 658 g/mol. The third-order valence-corrected chi connectivity index (χ3v) is 10.9. The fourth-order valence-electron chi connectivity index (χ4n) is 7.64. The molecule has 5 unspecified atom stereocenters. The third-order valence-electron chi connectivity index (χ3n) is 10.1. The Morgan fingerprint density at radius 2 is 1.89 bits per heavy atom. The van der Waals surface area contributed by atoms with Gasteiger partial charge in [-0.05, 0) is 42.2 Å². The van der Waals surface area contributed by atoms with Crippen molar-refractivity contribution in [3.63, 3.8) is 0 Å². The fraction of sp³-hybridized carbons (Fsp3) is 0.606. The van der Waals surface area contributed by atoms with E-state index in [0.29, 0.717) is 43.2 Å². The van der Waals surface area contributed by atoms with Gasteiger partial charge in [-0.15, -0.1) is 11.6 Å². The summed E-state index contributed by atoms with van der Waals surface area (Å²) in [6.45, 7) is 14.3. The van der Waals surface area contributed by atoms with E-state index in [9.17, 15) is 9.59 Å². The lowest BCUT2D eigenvalue weighted by Gasteiger charge is -2.43. The first-order valence-corrected chi connectivity index (χ1v) is 17.0. The number of benzene rings is 1. The van der Waals surface area contributed by atoms with Crippen molar-refractivity contribution in [2.45, 2.75) is 82.8 Å². The van der Waals surface area contributed by atoms with Crippen LogP contribution in [0.5, 0.6) is 0 Å². The van der Waals surface area contributed by atoms with E-state index in [-0.39, 0.29) is 46.0 Å². The minimum atomic E-state index is -0.259. The van der Waals surface area contributed by atoms with Gasteiger partial charge in [0.15, 0.2) is 5.15 Å². The minimum absolute atomic E-state index is 0.0340. The van der Waals surface area contributed by atoms with Crippen molar-refractivity contribution >= 4 is 35.0 Å². The van der Waals surface area contributed by atoms with Crippen LogP contribution in [0, 0.1) is 17.3 Å². The molecular formula is C33H46Cl2N8O2. The van der Waals surface area contributed by atoms with Crippen LogP contribution < -0.4 is 21.5 Å². The quantitative estimate of drug-likeness (QED) is 0.241. The molecule has 3 aliphatic heterocycles. The smallest absolute Gasteiger partial charge is 0.271 e. The molecule has 0 spiro atoms. The molecule has 10 nitrogen and oxygen atoms in total. The molecule has 6 atom stereocenters. The predicted octanol–water partition coefficient (Wildman–Crippen LogP) is 3.68. The van der Waals surface area contributed by atoms with Crippen molar-refractivity contribution in [1.29, 1.82) is 0 Å². The Morgan fingerprint density at radius 3 is 2.60 bits per heavy atom. The molecule has 4 fully saturated rings. The summed E-state index contributed by atoms with van der Waals surface area (Å²) in [5.41, 5.74) is 8.73. The highest BCUT2D eigenvalue weighted by atomic mass is 35.5. The monoisotopic (exact) mass is 656 g/mol. The van der Waals surface area contributed by atoms with Crippen LogP contribution in [0.2, 0.25) is 5.15 Å². The van der Waals surface area contributed by atoms with Gasteiger partial charge in [-0.3, -0.25) is 25.2 Å². The number of imidazole rings is 1. The Kier molecular flexibility index (Phi) is 9.62. The van der Waals surface area contributed by atoms with Crippen molar-refractivity contribution in [2.75, 3.05) is 26.2 Å². The van der Waals surface area contributed by atoms with Gasteiger partial charge in [-0.25, -0.2) is 10.4 Å². The molecule has 244 valence electrons. The van der Waals surface area contributed by atoms with Gasteiger partial charge < -0.3 is 14.8 Å². The van der Waals surface area contributed by atoms with Crippen molar-refractivity contribution in [1.82, 2.24) is 40.8 Å².